The fourth-order valence-electron chi connectivity index (χ4n) is 4.99. The van der Waals surface area contributed by atoms with Crippen LogP contribution in [0.15, 0.2) is 103 Å². The smallest absolute Gasteiger partial charge is 0.254 e. The Balaban J connectivity index is 1.28. The molecule has 0 N–H and O–H groups in total. The first kappa shape index (κ1) is 22.9. The predicted molar refractivity (Wildman–Crippen MR) is 140 cm³/mol. The lowest BCUT2D eigenvalue weighted by atomic mass is 9.93. The maximum atomic E-state index is 13.7. The minimum Gasteiger partial charge on any atom is -0.339 e. The van der Waals surface area contributed by atoms with Gasteiger partial charge < -0.3 is 9.80 Å². The van der Waals surface area contributed by atoms with E-state index >= 15 is 0 Å². The summed E-state index contributed by atoms with van der Waals surface area (Å²) in [5.74, 6) is 0.159. The van der Waals surface area contributed by atoms with Gasteiger partial charge in [0.15, 0.2) is 0 Å². The van der Waals surface area contributed by atoms with Gasteiger partial charge in [-0.1, -0.05) is 97.1 Å². The van der Waals surface area contributed by atoms with Gasteiger partial charge in [-0.05, 0) is 40.8 Å². The zero-order chi connectivity index (χ0) is 24.0. The fraction of sp³-hybridized carbons (Fsp3) is 0.226. The van der Waals surface area contributed by atoms with Gasteiger partial charge in [-0.2, -0.15) is 0 Å². The molecule has 0 radical (unpaired) electrons. The minimum absolute atomic E-state index is 0.0538. The Hall–Kier alpha value is -3.92. The van der Waals surface area contributed by atoms with E-state index in [1.807, 2.05) is 88.7 Å². The molecule has 1 heterocycles. The van der Waals surface area contributed by atoms with Crippen LogP contribution in [0.4, 0.5) is 0 Å². The lowest BCUT2D eigenvalue weighted by molar-refractivity contribution is -0.138. The second-order valence-corrected chi connectivity index (χ2v) is 9.26. The zero-order valence-corrected chi connectivity index (χ0v) is 19.8. The lowest BCUT2D eigenvalue weighted by Crippen LogP contribution is -2.44. The van der Waals surface area contributed by atoms with E-state index in [0.717, 1.165) is 27.5 Å². The summed E-state index contributed by atoms with van der Waals surface area (Å²) in [6, 6.07) is 34.2. The molecule has 0 aliphatic carbocycles. The van der Waals surface area contributed by atoms with Gasteiger partial charge in [0.05, 0.1) is 0 Å². The summed E-state index contributed by atoms with van der Waals surface area (Å²) in [7, 11) is 0. The normalized spacial score (nSPS) is 14.1. The van der Waals surface area contributed by atoms with Crippen LogP contribution in [0.25, 0.3) is 10.8 Å². The van der Waals surface area contributed by atoms with Crippen molar-refractivity contribution in [2.45, 2.75) is 25.9 Å². The molecule has 0 atom stereocenters. The van der Waals surface area contributed by atoms with Gasteiger partial charge in [-0.25, -0.2) is 0 Å². The van der Waals surface area contributed by atoms with Gasteiger partial charge >= 0.3 is 0 Å². The van der Waals surface area contributed by atoms with Crippen molar-refractivity contribution in [2.24, 2.45) is 5.92 Å². The zero-order valence-electron chi connectivity index (χ0n) is 19.8. The molecule has 4 nitrogen and oxygen atoms in total. The summed E-state index contributed by atoms with van der Waals surface area (Å²) >= 11 is 0. The van der Waals surface area contributed by atoms with E-state index in [1.165, 1.54) is 0 Å². The standard InChI is InChI=1S/C31H30N2O2/c34-30(33(22-24-10-3-1-4-11-24)23-25-12-5-2-6-13-25)27-18-20-32(21-19-27)31(35)29-17-9-15-26-14-7-8-16-28(26)29/h1-17,27H,18-23H2. The molecule has 0 spiro atoms. The molecule has 4 aromatic carbocycles. The van der Waals surface area contributed by atoms with Crippen LogP contribution in [0.3, 0.4) is 0 Å². The number of amides is 2. The molecular formula is C31H30N2O2. The molecular weight excluding hydrogens is 432 g/mol. The molecule has 176 valence electrons. The molecule has 4 aromatic rings. The average Bonchev–Trinajstić information content (AvgIpc) is 2.93. The second kappa shape index (κ2) is 10.6. The van der Waals surface area contributed by atoms with Crippen LogP contribution in [0.2, 0.25) is 0 Å². The van der Waals surface area contributed by atoms with Crippen LogP contribution in [-0.4, -0.2) is 34.7 Å². The van der Waals surface area contributed by atoms with E-state index in [1.54, 1.807) is 0 Å². The fourth-order valence-corrected chi connectivity index (χ4v) is 4.99. The number of fused-ring (bicyclic) bond motifs is 1. The average molecular weight is 463 g/mol. The monoisotopic (exact) mass is 462 g/mol. The van der Waals surface area contributed by atoms with Crippen LogP contribution in [-0.2, 0) is 17.9 Å². The van der Waals surface area contributed by atoms with E-state index in [4.69, 9.17) is 0 Å². The summed E-state index contributed by atoms with van der Waals surface area (Å²) in [4.78, 5) is 30.9. The van der Waals surface area contributed by atoms with E-state index in [-0.39, 0.29) is 17.7 Å². The third-order valence-electron chi connectivity index (χ3n) is 6.90. The van der Waals surface area contributed by atoms with E-state index in [0.29, 0.717) is 39.0 Å². The van der Waals surface area contributed by atoms with Gasteiger partial charge in [0.2, 0.25) is 5.91 Å². The van der Waals surface area contributed by atoms with Gasteiger partial charge in [0.25, 0.3) is 5.91 Å². The third kappa shape index (κ3) is 5.27. The highest BCUT2D eigenvalue weighted by Crippen LogP contribution is 2.26. The van der Waals surface area contributed by atoms with Crippen molar-refractivity contribution in [3.8, 4) is 0 Å². The number of carbonyl (C=O) groups is 2. The summed E-state index contributed by atoms with van der Waals surface area (Å²) < 4.78 is 0. The molecule has 1 fully saturated rings. The Bertz CT molecular complexity index is 1250. The first-order valence-electron chi connectivity index (χ1n) is 12.3. The molecule has 0 saturated carbocycles. The Morgan fingerprint density at radius 1 is 0.686 bits per heavy atom. The first-order valence-corrected chi connectivity index (χ1v) is 12.3. The molecule has 35 heavy (non-hydrogen) atoms. The Labute approximate surface area is 206 Å². The summed E-state index contributed by atoms with van der Waals surface area (Å²) in [5, 5.41) is 2.05. The Morgan fingerprint density at radius 2 is 1.23 bits per heavy atom. The molecule has 0 bridgehead atoms. The Kier molecular flexibility index (Phi) is 6.89. The number of hydrogen-bond donors (Lipinski definition) is 0. The lowest BCUT2D eigenvalue weighted by Gasteiger charge is -2.34. The van der Waals surface area contributed by atoms with Crippen LogP contribution < -0.4 is 0 Å². The minimum atomic E-state index is -0.0704. The summed E-state index contributed by atoms with van der Waals surface area (Å²) in [5.41, 5.74) is 2.99. The number of rotatable bonds is 6. The molecule has 4 heteroatoms. The van der Waals surface area contributed by atoms with Crippen LogP contribution >= 0.6 is 0 Å². The Morgan fingerprint density at radius 3 is 1.86 bits per heavy atom. The molecule has 0 aromatic heterocycles. The quantitative estimate of drug-likeness (QED) is 0.357. The number of piperidine rings is 1. The first-order chi connectivity index (χ1) is 17.2. The molecule has 1 aliphatic rings. The van der Waals surface area contributed by atoms with E-state index < -0.39 is 0 Å². The van der Waals surface area contributed by atoms with Crippen LogP contribution in [0.1, 0.15) is 34.3 Å². The largest absolute Gasteiger partial charge is 0.339 e. The topological polar surface area (TPSA) is 40.6 Å². The number of nitrogens with zero attached hydrogens (tertiary/aromatic N) is 2. The van der Waals surface area contributed by atoms with Crippen molar-refractivity contribution in [1.29, 1.82) is 0 Å². The molecule has 0 unspecified atom stereocenters. The molecule has 1 saturated heterocycles. The summed E-state index contributed by atoms with van der Waals surface area (Å²) in [6.45, 7) is 2.37. The number of likely N-dealkylation sites (tertiary alicyclic amines) is 1. The highest BCUT2D eigenvalue weighted by Gasteiger charge is 2.31. The maximum Gasteiger partial charge on any atom is 0.254 e. The van der Waals surface area contributed by atoms with Gasteiger partial charge in [0, 0.05) is 37.7 Å². The van der Waals surface area contributed by atoms with Crippen molar-refractivity contribution in [3.05, 3.63) is 120 Å². The van der Waals surface area contributed by atoms with Crippen molar-refractivity contribution in [2.75, 3.05) is 13.1 Å². The van der Waals surface area contributed by atoms with E-state index in [2.05, 4.69) is 24.3 Å². The van der Waals surface area contributed by atoms with Crippen molar-refractivity contribution < 1.29 is 9.59 Å². The van der Waals surface area contributed by atoms with Crippen molar-refractivity contribution >= 4 is 22.6 Å². The van der Waals surface area contributed by atoms with Crippen molar-refractivity contribution in [3.63, 3.8) is 0 Å². The molecule has 2 amide bonds. The predicted octanol–water partition coefficient (Wildman–Crippen LogP) is 5.92. The number of benzene rings is 4. The van der Waals surface area contributed by atoms with Gasteiger partial charge in [-0.3, -0.25) is 9.59 Å². The highest BCUT2D eigenvalue weighted by atomic mass is 16.2. The SMILES string of the molecule is O=C(c1cccc2ccccc12)N1CCC(C(=O)N(Cc2ccccc2)Cc2ccccc2)CC1. The molecule has 1 aliphatic heterocycles. The third-order valence-corrected chi connectivity index (χ3v) is 6.90. The second-order valence-electron chi connectivity index (χ2n) is 9.26. The maximum absolute atomic E-state index is 13.7. The van der Waals surface area contributed by atoms with E-state index in [9.17, 15) is 9.59 Å². The molecule has 5 rings (SSSR count). The summed E-state index contributed by atoms with van der Waals surface area (Å²) in [6.07, 6.45) is 1.38. The highest BCUT2D eigenvalue weighted by molar-refractivity contribution is 6.07. The number of hydrogen-bond acceptors (Lipinski definition) is 2. The van der Waals surface area contributed by atoms with Crippen LogP contribution in [0.5, 0.6) is 0 Å². The van der Waals surface area contributed by atoms with Gasteiger partial charge in [0.1, 0.15) is 0 Å². The van der Waals surface area contributed by atoms with Crippen LogP contribution in [0, 0.1) is 5.92 Å². The number of carbonyl (C=O) groups excluding carboxylic acids is 2. The van der Waals surface area contributed by atoms with Crippen molar-refractivity contribution in [1.82, 2.24) is 9.80 Å². The van der Waals surface area contributed by atoms with Gasteiger partial charge in [-0.15, -0.1) is 0 Å².